The van der Waals surface area contributed by atoms with E-state index in [4.69, 9.17) is 9.97 Å². The Morgan fingerprint density at radius 3 is 0.763 bits per heavy atom. The topological polar surface area (TPSA) is 275 Å². The van der Waals surface area contributed by atoms with E-state index in [1.807, 2.05) is 0 Å². The Balaban J connectivity index is 1.62. The largest absolute Gasteiger partial charge is 0.354 e. The number of H-pyrrole nitrogens is 2. The molecule has 76 heavy (non-hydrogen) atoms. The molecule has 0 fully saturated rings. The fourth-order valence-electron chi connectivity index (χ4n) is 12.1. The maximum Gasteiger partial charge on any atom is 0.295 e. The SMILES string of the molecule is Cc1cc(C)c(S(=O)(=O)O)c(C)c1-c1c2nc(c(-c3c(C)cc(C)c(S(=O)(=O)O)c3C)c3ccc([nH]3)c(-c3c(C)cc(C)c(S(=O)(=O)O)c3C)c3ccc([nH]3)c(-c3c(C)cc(C)c(S(=O)(=O)O)c3C)c3nc1C=C3)C=C2. The van der Waals surface area contributed by atoms with Gasteiger partial charge < -0.3 is 9.97 Å². The Hall–Kier alpha value is -6.88. The molecule has 5 heterocycles. The number of benzene rings is 4. The lowest BCUT2D eigenvalue weighted by molar-refractivity contribution is 0.479. The number of aromatic amines is 2. The third-order valence-electron chi connectivity index (χ3n) is 14.4. The second-order valence-corrected chi connectivity index (χ2v) is 25.2. The van der Waals surface area contributed by atoms with Crippen LogP contribution in [0.2, 0.25) is 0 Å². The summed E-state index contributed by atoms with van der Waals surface area (Å²) in [5.74, 6) is 0. The summed E-state index contributed by atoms with van der Waals surface area (Å²) in [7, 11) is -19.2. The van der Waals surface area contributed by atoms with Crippen molar-refractivity contribution in [1.29, 1.82) is 0 Å². The van der Waals surface area contributed by atoms with Crippen LogP contribution >= 0.6 is 0 Å². The first-order valence-corrected chi connectivity index (χ1v) is 29.5. The predicted octanol–water partition coefficient (Wildman–Crippen LogP) is 12.0. The molecule has 0 unspecified atom stereocenters. The van der Waals surface area contributed by atoms with Gasteiger partial charge in [-0.15, -0.1) is 0 Å². The molecule has 2 aliphatic heterocycles. The molecule has 16 nitrogen and oxygen atoms in total. The van der Waals surface area contributed by atoms with Crippen LogP contribution in [-0.2, 0) is 40.5 Å². The smallest absolute Gasteiger partial charge is 0.295 e. The predicted molar refractivity (Wildman–Crippen MR) is 297 cm³/mol. The molecule has 9 rings (SSSR count). The fraction of sp³-hybridized carbons (Fsp3) is 0.214. The maximum absolute atomic E-state index is 13.2. The monoisotopic (exact) mass is 1100 g/mol. The van der Waals surface area contributed by atoms with Gasteiger partial charge >= 0.3 is 0 Å². The molecule has 20 heteroatoms. The molecule has 8 bridgehead atoms. The lowest BCUT2D eigenvalue weighted by atomic mass is 9.91. The van der Waals surface area contributed by atoms with Gasteiger partial charge in [0.2, 0.25) is 0 Å². The van der Waals surface area contributed by atoms with E-state index in [2.05, 4.69) is 9.97 Å². The average Bonchev–Trinajstić information content (AvgIpc) is 4.12. The zero-order valence-corrected chi connectivity index (χ0v) is 46.8. The number of rotatable bonds is 8. The van der Waals surface area contributed by atoms with E-state index in [1.54, 1.807) is 156 Å². The van der Waals surface area contributed by atoms with E-state index in [1.165, 1.54) is 0 Å². The van der Waals surface area contributed by atoms with Gasteiger partial charge in [0.05, 0.1) is 22.8 Å². The summed E-state index contributed by atoms with van der Waals surface area (Å²) in [5, 5.41) is 0. The van der Waals surface area contributed by atoms with Crippen LogP contribution in [0.5, 0.6) is 0 Å². The molecule has 394 valence electrons. The van der Waals surface area contributed by atoms with Crippen molar-refractivity contribution in [2.75, 3.05) is 0 Å². The maximum atomic E-state index is 13.2. The molecule has 4 aromatic carbocycles. The van der Waals surface area contributed by atoms with Gasteiger partial charge in [0.15, 0.2) is 0 Å². The minimum atomic E-state index is -4.80. The number of fused-ring (bicyclic) bond motifs is 8. The number of aromatic nitrogens is 4. The average molecular weight is 1100 g/mol. The molecule has 2 aliphatic rings. The van der Waals surface area contributed by atoms with Gasteiger partial charge in [-0.1, -0.05) is 24.3 Å². The Morgan fingerprint density at radius 2 is 0.513 bits per heavy atom. The number of nitrogens with one attached hydrogen (secondary N) is 2. The first kappa shape index (κ1) is 53.9. The molecule has 6 N–H and O–H groups in total. The lowest BCUT2D eigenvalue weighted by Gasteiger charge is -2.18. The van der Waals surface area contributed by atoms with Crippen LogP contribution < -0.4 is 0 Å². The number of hydrogen-bond donors (Lipinski definition) is 6. The van der Waals surface area contributed by atoms with Gasteiger partial charge in [-0.05, 0) is 221 Å². The van der Waals surface area contributed by atoms with E-state index >= 15 is 0 Å². The van der Waals surface area contributed by atoms with Crippen molar-refractivity contribution < 1.29 is 51.9 Å². The Bertz CT molecular complexity index is 4340. The fourth-order valence-corrected chi connectivity index (χ4v) is 15.9. The molecular weight excluding hydrogens is 1050 g/mol. The summed E-state index contributed by atoms with van der Waals surface area (Å²) < 4.78 is 148. The molecule has 7 aromatic rings. The Morgan fingerprint density at radius 1 is 0.303 bits per heavy atom. The van der Waals surface area contributed by atoms with Crippen LogP contribution in [0.3, 0.4) is 0 Å². The molecule has 0 saturated heterocycles. The highest BCUT2D eigenvalue weighted by Crippen LogP contribution is 2.46. The van der Waals surface area contributed by atoms with E-state index in [0.717, 1.165) is 0 Å². The van der Waals surface area contributed by atoms with Crippen molar-refractivity contribution in [2.24, 2.45) is 0 Å². The minimum absolute atomic E-state index is 0.197. The van der Waals surface area contributed by atoms with Crippen molar-refractivity contribution in [3.8, 4) is 44.5 Å². The minimum Gasteiger partial charge on any atom is -0.354 e. The zero-order chi connectivity index (χ0) is 55.8. The summed E-state index contributed by atoms with van der Waals surface area (Å²) in [4.78, 5) is 16.4. The molecule has 0 spiro atoms. The first-order valence-electron chi connectivity index (χ1n) is 23.7. The van der Waals surface area contributed by atoms with Crippen LogP contribution in [0, 0.1) is 83.1 Å². The summed E-state index contributed by atoms with van der Waals surface area (Å²) in [6, 6.07) is 13.6. The highest BCUT2D eigenvalue weighted by Gasteiger charge is 2.30. The lowest BCUT2D eigenvalue weighted by Crippen LogP contribution is -2.07. The second kappa shape index (κ2) is 18.4. The Kier molecular flexibility index (Phi) is 13.1. The first-order chi connectivity index (χ1) is 35.2. The molecule has 3 aromatic heterocycles. The van der Waals surface area contributed by atoms with Gasteiger partial charge in [-0.3, -0.25) is 18.2 Å². The van der Waals surface area contributed by atoms with Crippen LogP contribution in [0.4, 0.5) is 0 Å². The summed E-state index contributed by atoms with van der Waals surface area (Å²) in [5.41, 5.74) is 10.4. The number of nitrogens with zero attached hydrogens (tertiary/aromatic N) is 2. The van der Waals surface area contributed by atoms with Crippen LogP contribution in [0.1, 0.15) is 89.5 Å². The second-order valence-electron chi connectivity index (χ2n) is 19.8. The quantitative estimate of drug-likeness (QED) is 0.0772. The van der Waals surface area contributed by atoms with Gasteiger partial charge in [-0.2, -0.15) is 33.7 Å². The normalized spacial score (nSPS) is 13.1. The molecule has 0 amide bonds. The van der Waals surface area contributed by atoms with E-state index in [9.17, 15) is 51.9 Å². The molecule has 0 atom stereocenters. The summed E-state index contributed by atoms with van der Waals surface area (Å²) >= 11 is 0. The zero-order valence-electron chi connectivity index (χ0n) is 43.5. The van der Waals surface area contributed by atoms with Gasteiger partial charge in [-0.25, -0.2) is 9.97 Å². The number of hydrogen-bond acceptors (Lipinski definition) is 10. The summed E-state index contributed by atoms with van der Waals surface area (Å²) in [6.45, 7) is 19.8. The van der Waals surface area contributed by atoms with Crippen molar-refractivity contribution in [1.82, 2.24) is 19.9 Å². The Labute approximate surface area is 441 Å². The molecule has 0 aliphatic carbocycles. The van der Waals surface area contributed by atoms with Gasteiger partial charge in [0.25, 0.3) is 40.5 Å². The van der Waals surface area contributed by atoms with E-state index in [0.29, 0.717) is 122 Å². The van der Waals surface area contributed by atoms with E-state index < -0.39 is 40.5 Å². The third-order valence-corrected chi connectivity index (χ3v) is 19.0. The van der Waals surface area contributed by atoms with Crippen molar-refractivity contribution in [3.05, 3.63) is 138 Å². The molecule has 0 radical (unpaired) electrons. The molecule has 0 saturated carbocycles. The van der Waals surface area contributed by atoms with Crippen molar-refractivity contribution in [2.45, 2.75) is 103 Å². The van der Waals surface area contributed by atoms with Gasteiger partial charge in [0.1, 0.15) is 19.6 Å². The van der Waals surface area contributed by atoms with Gasteiger partial charge in [0, 0.05) is 44.3 Å². The standard InChI is InChI=1S/C56H54N4O12S4/c1-25-21-29(5)53(73(61,62)63)33(9)45(25)49-37-13-15-39(57-37)50(46-26(2)22-30(6)54(34(46)10)74(64,65)66)41-17-19-43(59-41)52(48-28(4)24-32(8)56(36(48)12)76(70,71)72)44-20-18-42(60-44)51(40-16-14-38(49)58-40)47-27(3)23-31(7)55(35(47)11)75(67,68)69/h13-24,57-58H,1-12H3,(H,61,62,63)(H,64,65,66)(H,67,68,69)(H,70,71,72). The van der Waals surface area contributed by atoms with Crippen LogP contribution in [-0.4, -0.2) is 71.8 Å². The number of aryl methyl sites for hydroxylation is 8. The van der Waals surface area contributed by atoms with Crippen LogP contribution in [0.25, 0.3) is 90.9 Å². The van der Waals surface area contributed by atoms with Crippen molar-refractivity contribution >= 4 is 86.8 Å². The molecular formula is C56H54N4O12S4. The summed E-state index contributed by atoms with van der Waals surface area (Å²) in [6.07, 6.45) is 6.83. The van der Waals surface area contributed by atoms with Crippen LogP contribution in [0.15, 0.2) is 68.1 Å². The third kappa shape index (κ3) is 8.95. The van der Waals surface area contributed by atoms with E-state index in [-0.39, 0.29) is 53.2 Å². The highest BCUT2D eigenvalue weighted by molar-refractivity contribution is 7.86. The van der Waals surface area contributed by atoms with Crippen molar-refractivity contribution in [3.63, 3.8) is 0 Å². The highest BCUT2D eigenvalue weighted by atomic mass is 32.2.